The maximum Gasteiger partial charge on any atom is 0.148 e. The van der Waals surface area contributed by atoms with E-state index in [1.807, 2.05) is 30.3 Å². The van der Waals surface area contributed by atoms with Crippen LogP contribution in [0.2, 0.25) is 0 Å². The van der Waals surface area contributed by atoms with Crippen molar-refractivity contribution in [3.63, 3.8) is 0 Å². The number of halogens is 3. The normalized spacial score (nSPS) is 10.3. The lowest BCUT2D eigenvalue weighted by Gasteiger charge is -2.11. The van der Waals surface area contributed by atoms with E-state index in [9.17, 15) is 0 Å². The first-order valence-corrected chi connectivity index (χ1v) is 8.06. The maximum absolute atomic E-state index is 7.44. The van der Waals surface area contributed by atoms with Gasteiger partial charge in [-0.15, -0.1) is 0 Å². The molecular weight excluding hydrogens is 452 g/mol. The van der Waals surface area contributed by atoms with Gasteiger partial charge in [0, 0.05) is 10.0 Å². The Morgan fingerprint density at radius 2 is 1.75 bits per heavy atom. The molecule has 2 aromatic rings. The van der Waals surface area contributed by atoms with Crippen LogP contribution in [0.3, 0.4) is 0 Å². The number of hydrogen-bond donors (Lipinski definition) is 2. The molecule has 0 amide bonds. The van der Waals surface area contributed by atoms with E-state index in [2.05, 4.69) is 47.8 Å². The van der Waals surface area contributed by atoms with Crippen molar-refractivity contribution in [1.82, 2.24) is 0 Å². The zero-order chi connectivity index (χ0) is 14.7. The van der Waals surface area contributed by atoms with Gasteiger partial charge in [0.2, 0.25) is 0 Å². The van der Waals surface area contributed by atoms with Crippen molar-refractivity contribution in [3.8, 4) is 5.75 Å². The highest BCUT2D eigenvalue weighted by molar-refractivity contribution is 9.11. The van der Waals surface area contributed by atoms with Crippen molar-refractivity contribution in [3.05, 3.63) is 60.9 Å². The first kappa shape index (κ1) is 15.5. The van der Waals surface area contributed by atoms with E-state index in [0.29, 0.717) is 12.2 Å². The van der Waals surface area contributed by atoms with Gasteiger partial charge in [0.15, 0.2) is 0 Å². The van der Waals surface area contributed by atoms with E-state index in [1.54, 1.807) is 6.07 Å². The van der Waals surface area contributed by atoms with Crippen molar-refractivity contribution < 1.29 is 4.74 Å². The van der Waals surface area contributed by atoms with Gasteiger partial charge in [0.1, 0.15) is 18.2 Å². The summed E-state index contributed by atoms with van der Waals surface area (Å²) < 4.78 is 8.50. The standard InChI is InChI=1S/C14H11Br3N2O/c15-10-5-11(16)13(12(17)6-10)20-7-8-2-1-3-9(4-8)14(18)19/h1-6H,7H2,(H3,18,19). The van der Waals surface area contributed by atoms with Crippen molar-refractivity contribution in [2.45, 2.75) is 6.61 Å². The highest BCUT2D eigenvalue weighted by Crippen LogP contribution is 2.36. The molecule has 0 heterocycles. The minimum absolute atomic E-state index is 0.0536. The molecule has 20 heavy (non-hydrogen) atoms. The molecule has 0 atom stereocenters. The molecule has 6 heteroatoms. The van der Waals surface area contributed by atoms with E-state index in [0.717, 1.165) is 24.7 Å². The number of rotatable bonds is 4. The highest BCUT2D eigenvalue weighted by Gasteiger charge is 2.09. The molecule has 104 valence electrons. The molecular formula is C14H11Br3N2O. The predicted octanol–water partition coefficient (Wildman–Crippen LogP) is 4.84. The van der Waals surface area contributed by atoms with Crippen LogP contribution in [-0.2, 0) is 6.61 Å². The molecule has 0 saturated carbocycles. The fourth-order valence-corrected chi connectivity index (χ4v) is 4.14. The van der Waals surface area contributed by atoms with Crippen LogP contribution in [0.5, 0.6) is 5.75 Å². The SMILES string of the molecule is N=C(N)c1cccc(COc2c(Br)cc(Br)cc2Br)c1. The van der Waals surface area contributed by atoms with Gasteiger partial charge in [-0.25, -0.2) is 0 Å². The summed E-state index contributed by atoms with van der Waals surface area (Å²) in [5.74, 6) is 0.791. The van der Waals surface area contributed by atoms with Gasteiger partial charge in [-0.3, -0.25) is 5.41 Å². The number of ether oxygens (including phenoxy) is 1. The van der Waals surface area contributed by atoms with Crippen LogP contribution in [-0.4, -0.2) is 5.84 Å². The smallest absolute Gasteiger partial charge is 0.148 e. The van der Waals surface area contributed by atoms with Gasteiger partial charge in [0.25, 0.3) is 0 Å². The van der Waals surface area contributed by atoms with Crippen LogP contribution >= 0.6 is 47.8 Å². The molecule has 0 aliphatic carbocycles. The third-order valence-corrected chi connectivity index (χ3v) is 4.22. The molecule has 2 rings (SSSR count). The Bertz CT molecular complexity index is 636. The Morgan fingerprint density at radius 1 is 1.10 bits per heavy atom. The second kappa shape index (κ2) is 6.74. The summed E-state index contributed by atoms with van der Waals surface area (Å²) in [7, 11) is 0. The third kappa shape index (κ3) is 3.84. The van der Waals surface area contributed by atoms with Crippen LogP contribution in [0.1, 0.15) is 11.1 Å². The van der Waals surface area contributed by atoms with Crippen LogP contribution in [0.25, 0.3) is 0 Å². The molecule has 0 unspecified atom stereocenters. The van der Waals surface area contributed by atoms with Gasteiger partial charge in [0.05, 0.1) is 8.95 Å². The Hall–Kier alpha value is -0.850. The number of benzene rings is 2. The second-order valence-electron chi connectivity index (χ2n) is 4.10. The largest absolute Gasteiger partial charge is 0.487 e. The highest BCUT2D eigenvalue weighted by atomic mass is 79.9. The predicted molar refractivity (Wildman–Crippen MR) is 91.3 cm³/mol. The number of amidine groups is 1. The van der Waals surface area contributed by atoms with Crippen LogP contribution < -0.4 is 10.5 Å². The van der Waals surface area contributed by atoms with E-state index in [-0.39, 0.29) is 5.84 Å². The zero-order valence-corrected chi connectivity index (χ0v) is 15.0. The number of nitrogen functional groups attached to an aromatic ring is 1. The first-order valence-electron chi connectivity index (χ1n) is 5.68. The number of nitrogens with two attached hydrogens (primary N) is 1. The average molecular weight is 463 g/mol. The number of hydrogen-bond acceptors (Lipinski definition) is 2. The average Bonchev–Trinajstić information content (AvgIpc) is 2.37. The van der Waals surface area contributed by atoms with E-state index >= 15 is 0 Å². The molecule has 3 N–H and O–H groups in total. The van der Waals surface area contributed by atoms with Gasteiger partial charge in [-0.1, -0.05) is 34.1 Å². The van der Waals surface area contributed by atoms with Crippen molar-refractivity contribution in [2.24, 2.45) is 5.73 Å². The minimum atomic E-state index is 0.0536. The number of nitrogens with one attached hydrogen (secondary N) is 1. The summed E-state index contributed by atoms with van der Waals surface area (Å²) in [6, 6.07) is 11.3. The molecule has 0 radical (unpaired) electrons. The van der Waals surface area contributed by atoms with Crippen LogP contribution in [0.4, 0.5) is 0 Å². The fourth-order valence-electron chi connectivity index (χ4n) is 1.65. The van der Waals surface area contributed by atoms with E-state index in [1.165, 1.54) is 0 Å². The zero-order valence-electron chi connectivity index (χ0n) is 10.3. The molecule has 0 fully saturated rings. The summed E-state index contributed by atoms with van der Waals surface area (Å²) >= 11 is 10.4. The lowest BCUT2D eigenvalue weighted by Crippen LogP contribution is -2.11. The van der Waals surface area contributed by atoms with Crippen molar-refractivity contribution in [2.75, 3.05) is 0 Å². The topological polar surface area (TPSA) is 59.1 Å². The molecule has 0 aliphatic heterocycles. The van der Waals surface area contributed by atoms with Crippen LogP contribution in [0.15, 0.2) is 49.8 Å². The van der Waals surface area contributed by atoms with E-state index < -0.39 is 0 Å². The van der Waals surface area contributed by atoms with Gasteiger partial charge >= 0.3 is 0 Å². The summed E-state index contributed by atoms with van der Waals surface area (Å²) in [6.07, 6.45) is 0. The minimum Gasteiger partial charge on any atom is -0.487 e. The lowest BCUT2D eigenvalue weighted by molar-refractivity contribution is 0.302. The molecule has 0 saturated heterocycles. The summed E-state index contributed by atoms with van der Waals surface area (Å²) in [6.45, 7) is 0.403. The van der Waals surface area contributed by atoms with Gasteiger partial charge < -0.3 is 10.5 Å². The Morgan fingerprint density at radius 3 is 2.35 bits per heavy atom. The Kier molecular flexibility index (Phi) is 5.23. The monoisotopic (exact) mass is 460 g/mol. The van der Waals surface area contributed by atoms with Gasteiger partial charge in [-0.2, -0.15) is 0 Å². The second-order valence-corrected chi connectivity index (χ2v) is 6.73. The van der Waals surface area contributed by atoms with E-state index in [4.69, 9.17) is 15.9 Å². The fraction of sp³-hybridized carbons (Fsp3) is 0.0714. The summed E-state index contributed by atoms with van der Waals surface area (Å²) in [5.41, 5.74) is 7.13. The molecule has 0 aliphatic rings. The quantitative estimate of drug-likeness (QED) is 0.504. The van der Waals surface area contributed by atoms with Gasteiger partial charge in [-0.05, 0) is 55.6 Å². The molecule has 2 aromatic carbocycles. The first-order chi connectivity index (χ1) is 9.47. The van der Waals surface area contributed by atoms with Crippen molar-refractivity contribution in [1.29, 1.82) is 5.41 Å². The summed E-state index contributed by atoms with van der Waals surface area (Å²) in [4.78, 5) is 0. The van der Waals surface area contributed by atoms with Crippen LogP contribution in [0, 0.1) is 5.41 Å². The molecule has 0 aromatic heterocycles. The third-order valence-electron chi connectivity index (χ3n) is 2.58. The lowest BCUT2D eigenvalue weighted by atomic mass is 10.1. The van der Waals surface area contributed by atoms with Crippen molar-refractivity contribution >= 4 is 53.6 Å². The Balaban J connectivity index is 2.17. The molecule has 0 spiro atoms. The summed E-state index contributed by atoms with van der Waals surface area (Å²) in [5, 5.41) is 7.44. The Labute approximate surface area is 142 Å². The molecule has 0 bridgehead atoms. The maximum atomic E-state index is 7.44. The molecule has 3 nitrogen and oxygen atoms in total.